The lowest BCUT2D eigenvalue weighted by molar-refractivity contribution is 0.243. The second-order valence-corrected chi connectivity index (χ2v) is 7.69. The van der Waals surface area contributed by atoms with Gasteiger partial charge in [0.1, 0.15) is 5.75 Å². The number of rotatable bonds is 4. The Labute approximate surface area is 139 Å². The normalized spacial score (nSPS) is 21.0. The maximum absolute atomic E-state index is 12.8. The van der Waals surface area contributed by atoms with E-state index < -0.39 is 10.0 Å². The topological polar surface area (TPSA) is 72.6 Å². The van der Waals surface area contributed by atoms with Crippen LogP contribution in [0, 0.1) is 12.8 Å². The second kappa shape index (κ2) is 7.64. The van der Waals surface area contributed by atoms with E-state index in [9.17, 15) is 8.42 Å². The summed E-state index contributed by atoms with van der Waals surface area (Å²) in [6, 6.07) is 5.00. The number of nitrogens with two attached hydrogens (primary N) is 1. The molecule has 1 aliphatic rings. The Balaban J connectivity index is 0.00000242. The quantitative estimate of drug-likeness (QED) is 0.905. The first-order chi connectivity index (χ1) is 9.86. The molecule has 1 aliphatic heterocycles. The molecule has 5 nitrogen and oxygen atoms in total. The van der Waals surface area contributed by atoms with Gasteiger partial charge < -0.3 is 10.5 Å². The molecule has 1 aromatic carbocycles. The summed E-state index contributed by atoms with van der Waals surface area (Å²) >= 11 is 0. The number of piperidine rings is 1. The van der Waals surface area contributed by atoms with Crippen LogP contribution in [0.15, 0.2) is 23.1 Å². The van der Waals surface area contributed by atoms with E-state index in [4.69, 9.17) is 10.5 Å². The highest BCUT2D eigenvalue weighted by Crippen LogP contribution is 2.27. The molecule has 126 valence electrons. The van der Waals surface area contributed by atoms with Crippen molar-refractivity contribution in [2.24, 2.45) is 11.7 Å². The molecule has 0 amide bonds. The van der Waals surface area contributed by atoms with Crippen molar-refractivity contribution in [2.75, 3.05) is 20.2 Å². The number of hydrogen-bond acceptors (Lipinski definition) is 4. The van der Waals surface area contributed by atoms with Crippen molar-refractivity contribution in [3.63, 3.8) is 0 Å². The van der Waals surface area contributed by atoms with Crippen LogP contribution in [0.5, 0.6) is 5.75 Å². The van der Waals surface area contributed by atoms with Crippen LogP contribution in [0.2, 0.25) is 0 Å². The zero-order chi connectivity index (χ0) is 15.6. The standard InChI is InChI=1S/C15H24N2O3S.ClH/c1-11-9-14(6-7-15(11)20-3)21(18,19)17-8-4-5-13(10-17)12(2)16;/h6-7,9,12-13H,4-5,8,10,16H2,1-3H3;1H. The van der Waals surface area contributed by atoms with Crippen LogP contribution in [-0.4, -0.2) is 39.0 Å². The van der Waals surface area contributed by atoms with Crippen LogP contribution in [0.25, 0.3) is 0 Å². The molecule has 0 radical (unpaired) electrons. The van der Waals surface area contributed by atoms with Gasteiger partial charge in [0.2, 0.25) is 10.0 Å². The lowest BCUT2D eigenvalue weighted by Gasteiger charge is -2.33. The third-order valence-electron chi connectivity index (χ3n) is 4.17. The Morgan fingerprint density at radius 3 is 2.64 bits per heavy atom. The SMILES string of the molecule is COc1ccc(S(=O)(=O)N2CCCC(C(C)N)C2)cc1C.Cl. The molecule has 1 heterocycles. The summed E-state index contributed by atoms with van der Waals surface area (Å²) in [5.41, 5.74) is 6.75. The molecular formula is C15H25ClN2O3S. The number of sulfonamides is 1. The maximum Gasteiger partial charge on any atom is 0.243 e. The first kappa shape index (κ1) is 19.2. The van der Waals surface area contributed by atoms with Crippen LogP contribution in [0.4, 0.5) is 0 Å². The van der Waals surface area contributed by atoms with E-state index in [1.807, 2.05) is 13.8 Å². The number of methoxy groups -OCH3 is 1. The number of hydrogen-bond donors (Lipinski definition) is 1. The van der Waals surface area contributed by atoms with E-state index in [-0.39, 0.29) is 24.4 Å². The van der Waals surface area contributed by atoms with Crippen molar-refractivity contribution >= 4 is 22.4 Å². The third-order valence-corrected chi connectivity index (χ3v) is 6.03. The molecule has 2 N–H and O–H groups in total. The molecule has 1 aromatic rings. The van der Waals surface area contributed by atoms with Gasteiger partial charge in [-0.25, -0.2) is 8.42 Å². The van der Waals surface area contributed by atoms with Crippen molar-refractivity contribution in [2.45, 2.75) is 37.6 Å². The average molecular weight is 349 g/mol. The van der Waals surface area contributed by atoms with E-state index >= 15 is 0 Å². The van der Waals surface area contributed by atoms with Gasteiger partial charge in [0, 0.05) is 19.1 Å². The summed E-state index contributed by atoms with van der Waals surface area (Å²) in [6.07, 6.45) is 1.85. The molecule has 0 aliphatic carbocycles. The Bertz CT molecular complexity index is 605. The fraction of sp³-hybridized carbons (Fsp3) is 0.600. The zero-order valence-corrected chi connectivity index (χ0v) is 14.9. The first-order valence-corrected chi connectivity index (χ1v) is 8.70. The van der Waals surface area contributed by atoms with Gasteiger partial charge in [-0.05, 0) is 56.4 Å². The van der Waals surface area contributed by atoms with Gasteiger partial charge in [0.15, 0.2) is 0 Å². The van der Waals surface area contributed by atoms with Gasteiger partial charge in [-0.15, -0.1) is 12.4 Å². The number of benzene rings is 1. The predicted octanol–water partition coefficient (Wildman–Crippen LogP) is 2.17. The van der Waals surface area contributed by atoms with E-state index in [1.165, 1.54) is 0 Å². The molecule has 0 aromatic heterocycles. The summed E-state index contributed by atoms with van der Waals surface area (Å²) in [6.45, 7) is 4.86. The van der Waals surface area contributed by atoms with Gasteiger partial charge in [-0.2, -0.15) is 4.31 Å². The van der Waals surface area contributed by atoms with E-state index in [1.54, 1.807) is 29.6 Å². The van der Waals surface area contributed by atoms with Crippen molar-refractivity contribution in [3.05, 3.63) is 23.8 Å². The molecule has 0 spiro atoms. The Hall–Kier alpha value is -0.820. The summed E-state index contributed by atoms with van der Waals surface area (Å²) in [4.78, 5) is 0.325. The number of nitrogens with zero attached hydrogens (tertiary/aromatic N) is 1. The lowest BCUT2D eigenvalue weighted by Crippen LogP contribution is -2.44. The summed E-state index contributed by atoms with van der Waals surface area (Å²) in [7, 11) is -1.88. The Kier molecular flexibility index (Phi) is 6.67. The van der Waals surface area contributed by atoms with Crippen LogP contribution in [-0.2, 0) is 10.0 Å². The predicted molar refractivity (Wildman–Crippen MR) is 90.1 cm³/mol. The van der Waals surface area contributed by atoms with Gasteiger partial charge in [0.05, 0.1) is 12.0 Å². The molecule has 0 saturated carbocycles. The van der Waals surface area contributed by atoms with Crippen LogP contribution in [0.3, 0.4) is 0 Å². The molecule has 0 bridgehead atoms. The van der Waals surface area contributed by atoms with E-state index in [0.717, 1.165) is 18.4 Å². The number of halogens is 1. The van der Waals surface area contributed by atoms with Crippen molar-refractivity contribution in [1.82, 2.24) is 4.31 Å². The van der Waals surface area contributed by atoms with Gasteiger partial charge >= 0.3 is 0 Å². The van der Waals surface area contributed by atoms with Crippen molar-refractivity contribution in [3.8, 4) is 5.75 Å². The average Bonchev–Trinajstić information content (AvgIpc) is 2.47. The third kappa shape index (κ3) is 3.93. The minimum atomic E-state index is -3.45. The van der Waals surface area contributed by atoms with Crippen LogP contribution >= 0.6 is 12.4 Å². The zero-order valence-electron chi connectivity index (χ0n) is 13.3. The van der Waals surface area contributed by atoms with E-state index in [0.29, 0.717) is 23.7 Å². The number of aryl methyl sites for hydroxylation is 1. The van der Waals surface area contributed by atoms with Gasteiger partial charge in [-0.3, -0.25) is 0 Å². The first-order valence-electron chi connectivity index (χ1n) is 7.26. The molecular weight excluding hydrogens is 324 g/mol. The molecule has 2 atom stereocenters. The molecule has 1 saturated heterocycles. The van der Waals surface area contributed by atoms with Crippen molar-refractivity contribution < 1.29 is 13.2 Å². The minimum absolute atomic E-state index is 0. The molecule has 22 heavy (non-hydrogen) atoms. The largest absolute Gasteiger partial charge is 0.496 e. The fourth-order valence-corrected chi connectivity index (χ4v) is 4.40. The maximum atomic E-state index is 12.8. The van der Waals surface area contributed by atoms with Gasteiger partial charge in [-0.1, -0.05) is 0 Å². The highest BCUT2D eigenvalue weighted by atomic mass is 35.5. The Morgan fingerprint density at radius 2 is 2.09 bits per heavy atom. The van der Waals surface area contributed by atoms with Gasteiger partial charge in [0.25, 0.3) is 0 Å². The smallest absolute Gasteiger partial charge is 0.243 e. The van der Waals surface area contributed by atoms with E-state index in [2.05, 4.69) is 0 Å². The highest BCUT2D eigenvalue weighted by Gasteiger charge is 2.31. The molecule has 1 fully saturated rings. The molecule has 7 heteroatoms. The van der Waals surface area contributed by atoms with Crippen molar-refractivity contribution in [1.29, 1.82) is 0 Å². The number of ether oxygens (including phenoxy) is 1. The summed E-state index contributed by atoms with van der Waals surface area (Å²) in [5.74, 6) is 0.925. The lowest BCUT2D eigenvalue weighted by atomic mass is 9.93. The Morgan fingerprint density at radius 1 is 1.41 bits per heavy atom. The monoisotopic (exact) mass is 348 g/mol. The van der Waals surface area contributed by atoms with Crippen LogP contribution in [0.1, 0.15) is 25.3 Å². The minimum Gasteiger partial charge on any atom is -0.496 e. The molecule has 2 rings (SSSR count). The van der Waals surface area contributed by atoms with Crippen LogP contribution < -0.4 is 10.5 Å². The second-order valence-electron chi connectivity index (χ2n) is 5.76. The highest BCUT2D eigenvalue weighted by molar-refractivity contribution is 7.89. The summed E-state index contributed by atoms with van der Waals surface area (Å²) < 4.78 is 32.2. The summed E-state index contributed by atoms with van der Waals surface area (Å²) in [5, 5.41) is 0. The molecule has 2 unspecified atom stereocenters. The fourth-order valence-electron chi connectivity index (χ4n) is 2.78.